The normalized spacial score (nSPS) is 10.6. The monoisotopic (exact) mass is 320 g/mol. The van der Waals surface area contributed by atoms with Crippen molar-refractivity contribution in [1.82, 2.24) is 9.97 Å². The summed E-state index contributed by atoms with van der Waals surface area (Å²) in [5, 5.41) is 0.866. The number of hydrogen-bond donors (Lipinski definition) is 0. The fraction of sp³-hybridized carbons (Fsp3) is 0.0667. The maximum atomic E-state index is 5.99. The van der Waals surface area contributed by atoms with Crippen molar-refractivity contribution in [2.24, 2.45) is 0 Å². The number of benzene rings is 2. The second-order valence-electron chi connectivity index (χ2n) is 4.22. The molecule has 0 aliphatic heterocycles. The highest BCUT2D eigenvalue weighted by molar-refractivity contribution is 6.42. The molecule has 106 valence electrons. The minimum absolute atomic E-state index is 0.352. The molecule has 0 N–H and O–H groups in total. The molecule has 0 radical (unpaired) electrons. The van der Waals surface area contributed by atoms with Crippen LogP contribution in [0, 0.1) is 0 Å². The largest absolute Gasteiger partial charge is 0.493 e. The third-order valence-corrected chi connectivity index (χ3v) is 3.57. The molecule has 3 rings (SSSR count). The number of aromatic nitrogens is 2. The van der Waals surface area contributed by atoms with E-state index in [1.54, 1.807) is 31.4 Å². The average molecular weight is 321 g/mol. The summed E-state index contributed by atoms with van der Waals surface area (Å²) in [5.74, 6) is 1.53. The van der Waals surface area contributed by atoms with Gasteiger partial charge in [0.1, 0.15) is 0 Å². The summed E-state index contributed by atoms with van der Waals surface area (Å²) in [5.41, 5.74) is 1.26. The quantitative estimate of drug-likeness (QED) is 0.699. The first-order valence-corrected chi connectivity index (χ1v) is 6.85. The molecule has 0 unspecified atom stereocenters. The van der Waals surface area contributed by atoms with Crippen molar-refractivity contribution in [2.45, 2.75) is 0 Å². The lowest BCUT2D eigenvalue weighted by Crippen LogP contribution is -1.93. The fourth-order valence-corrected chi connectivity index (χ4v) is 2.17. The van der Waals surface area contributed by atoms with Gasteiger partial charge in [-0.3, -0.25) is 0 Å². The van der Waals surface area contributed by atoms with Gasteiger partial charge in [-0.1, -0.05) is 35.3 Å². The number of halogens is 2. The Bertz CT molecular complexity index is 809. The average Bonchev–Trinajstić information content (AvgIpc) is 2.49. The lowest BCUT2D eigenvalue weighted by atomic mass is 10.3. The van der Waals surface area contributed by atoms with Gasteiger partial charge < -0.3 is 9.47 Å². The minimum Gasteiger partial charge on any atom is -0.493 e. The van der Waals surface area contributed by atoms with Crippen molar-refractivity contribution in [3.8, 4) is 17.4 Å². The Labute approximate surface area is 131 Å². The number of hydrogen-bond acceptors (Lipinski definition) is 4. The van der Waals surface area contributed by atoms with E-state index in [4.69, 9.17) is 32.7 Å². The van der Waals surface area contributed by atoms with Gasteiger partial charge in [0.2, 0.25) is 5.88 Å². The van der Waals surface area contributed by atoms with Crippen LogP contribution in [-0.4, -0.2) is 17.1 Å². The maximum Gasteiger partial charge on any atom is 0.238 e. The predicted octanol–water partition coefficient (Wildman–Crippen LogP) is 4.74. The second-order valence-corrected chi connectivity index (χ2v) is 5.03. The molecule has 21 heavy (non-hydrogen) atoms. The van der Waals surface area contributed by atoms with Crippen molar-refractivity contribution in [3.63, 3.8) is 0 Å². The Balaban J connectivity index is 1.99. The molecule has 0 amide bonds. The van der Waals surface area contributed by atoms with E-state index in [-0.39, 0.29) is 0 Å². The highest BCUT2D eigenvalue weighted by Gasteiger charge is 2.08. The van der Waals surface area contributed by atoms with E-state index in [2.05, 4.69) is 9.97 Å². The zero-order chi connectivity index (χ0) is 14.8. The van der Waals surface area contributed by atoms with Crippen molar-refractivity contribution >= 4 is 34.2 Å². The number of ether oxygens (including phenoxy) is 2. The van der Waals surface area contributed by atoms with Gasteiger partial charge in [-0.05, 0) is 24.3 Å². The highest BCUT2D eigenvalue weighted by Crippen LogP contribution is 2.31. The first-order valence-electron chi connectivity index (χ1n) is 6.10. The van der Waals surface area contributed by atoms with Crippen LogP contribution in [-0.2, 0) is 0 Å². The smallest absolute Gasteiger partial charge is 0.238 e. The number of nitrogens with zero attached hydrogens (tertiary/aromatic N) is 2. The molecule has 1 aromatic heterocycles. The molecular weight excluding hydrogens is 311 g/mol. The summed E-state index contributed by atoms with van der Waals surface area (Å²) in [6.45, 7) is 0. The second kappa shape index (κ2) is 5.76. The lowest BCUT2D eigenvalue weighted by Gasteiger charge is -2.09. The van der Waals surface area contributed by atoms with Gasteiger partial charge in [0.15, 0.2) is 11.5 Å². The Morgan fingerprint density at radius 3 is 2.33 bits per heavy atom. The topological polar surface area (TPSA) is 44.2 Å². The van der Waals surface area contributed by atoms with Crippen LogP contribution in [0.25, 0.3) is 11.0 Å². The summed E-state index contributed by atoms with van der Waals surface area (Å²) in [4.78, 5) is 8.63. The van der Waals surface area contributed by atoms with Crippen molar-refractivity contribution in [3.05, 3.63) is 52.6 Å². The third kappa shape index (κ3) is 2.86. The summed E-state index contributed by atoms with van der Waals surface area (Å²) in [6.07, 6.45) is 1.53. The molecule has 1 heterocycles. The van der Waals surface area contributed by atoms with Crippen molar-refractivity contribution in [1.29, 1.82) is 0 Å². The molecule has 0 fully saturated rings. The Morgan fingerprint density at radius 2 is 1.62 bits per heavy atom. The Morgan fingerprint density at radius 1 is 0.952 bits per heavy atom. The molecular formula is C15H10Cl2N2O2. The zero-order valence-electron chi connectivity index (χ0n) is 11.0. The van der Waals surface area contributed by atoms with Crippen LogP contribution in [0.15, 0.2) is 42.6 Å². The van der Waals surface area contributed by atoms with E-state index >= 15 is 0 Å². The maximum absolute atomic E-state index is 5.99. The van der Waals surface area contributed by atoms with Crippen LogP contribution in [0.5, 0.6) is 17.4 Å². The number of rotatable bonds is 3. The molecule has 0 bridgehead atoms. The SMILES string of the molecule is COc1ccccc1Oc1cnc2cc(Cl)c(Cl)cc2n1. The van der Waals surface area contributed by atoms with Crippen LogP contribution in [0.2, 0.25) is 10.0 Å². The van der Waals surface area contributed by atoms with E-state index in [1.807, 2.05) is 12.1 Å². The predicted molar refractivity (Wildman–Crippen MR) is 82.6 cm³/mol. The van der Waals surface area contributed by atoms with E-state index in [9.17, 15) is 0 Å². The van der Waals surface area contributed by atoms with Gasteiger partial charge in [-0.2, -0.15) is 0 Å². The number of methoxy groups -OCH3 is 1. The summed E-state index contributed by atoms with van der Waals surface area (Å²) in [6, 6.07) is 10.6. The molecule has 0 spiro atoms. The summed E-state index contributed by atoms with van der Waals surface area (Å²) >= 11 is 11.9. The number of para-hydroxylation sites is 2. The van der Waals surface area contributed by atoms with Gasteiger partial charge in [-0.25, -0.2) is 9.97 Å². The van der Waals surface area contributed by atoms with Crippen molar-refractivity contribution < 1.29 is 9.47 Å². The molecule has 0 saturated carbocycles. The van der Waals surface area contributed by atoms with E-state index in [0.717, 1.165) is 0 Å². The van der Waals surface area contributed by atoms with Gasteiger partial charge in [0, 0.05) is 0 Å². The first-order chi connectivity index (χ1) is 10.2. The van der Waals surface area contributed by atoms with Crippen LogP contribution in [0.4, 0.5) is 0 Å². The highest BCUT2D eigenvalue weighted by atomic mass is 35.5. The number of fused-ring (bicyclic) bond motifs is 1. The standard InChI is InChI=1S/C15H10Cl2N2O2/c1-20-13-4-2-3-5-14(13)21-15-8-18-11-6-9(16)10(17)7-12(11)19-15/h2-8H,1H3. The fourth-order valence-electron chi connectivity index (χ4n) is 1.86. The molecule has 0 aliphatic rings. The molecule has 3 aromatic rings. The molecule has 4 nitrogen and oxygen atoms in total. The van der Waals surface area contributed by atoms with Crippen LogP contribution in [0.1, 0.15) is 0 Å². The van der Waals surface area contributed by atoms with Crippen LogP contribution < -0.4 is 9.47 Å². The van der Waals surface area contributed by atoms with E-state index in [0.29, 0.717) is 38.5 Å². The van der Waals surface area contributed by atoms with Gasteiger partial charge in [0.25, 0.3) is 0 Å². The van der Waals surface area contributed by atoms with E-state index in [1.165, 1.54) is 6.20 Å². The molecule has 0 atom stereocenters. The Kier molecular flexibility index (Phi) is 3.82. The zero-order valence-corrected chi connectivity index (χ0v) is 12.5. The van der Waals surface area contributed by atoms with Crippen LogP contribution >= 0.6 is 23.2 Å². The molecule has 2 aromatic carbocycles. The first kappa shape index (κ1) is 13.9. The molecule has 0 aliphatic carbocycles. The van der Waals surface area contributed by atoms with Crippen molar-refractivity contribution in [2.75, 3.05) is 7.11 Å². The van der Waals surface area contributed by atoms with Gasteiger partial charge in [0.05, 0.1) is 34.4 Å². The molecule has 0 saturated heterocycles. The van der Waals surface area contributed by atoms with Crippen LogP contribution in [0.3, 0.4) is 0 Å². The van der Waals surface area contributed by atoms with E-state index < -0.39 is 0 Å². The minimum atomic E-state index is 0.352. The molecule has 6 heteroatoms. The Hall–Kier alpha value is -2.04. The summed E-state index contributed by atoms with van der Waals surface area (Å²) < 4.78 is 10.9. The summed E-state index contributed by atoms with van der Waals surface area (Å²) in [7, 11) is 1.58. The van der Waals surface area contributed by atoms with Gasteiger partial charge in [-0.15, -0.1) is 0 Å². The van der Waals surface area contributed by atoms with Gasteiger partial charge >= 0.3 is 0 Å². The lowest BCUT2D eigenvalue weighted by molar-refractivity contribution is 0.374. The third-order valence-electron chi connectivity index (χ3n) is 2.85.